The number of hydrogen-bond donors (Lipinski definition) is 2. The first-order valence-electron chi connectivity index (χ1n) is 8.96. The van der Waals surface area contributed by atoms with Gasteiger partial charge in [0.05, 0.1) is 0 Å². The Bertz CT molecular complexity index is 513. The summed E-state index contributed by atoms with van der Waals surface area (Å²) in [4.78, 5) is 14.7. The summed E-state index contributed by atoms with van der Waals surface area (Å²) in [7, 11) is 0. The number of piperidine rings is 1. The van der Waals surface area contributed by atoms with Gasteiger partial charge in [-0.15, -0.1) is 24.8 Å². The van der Waals surface area contributed by atoms with E-state index < -0.39 is 0 Å². The number of carbonyl (C=O) groups excluding carboxylic acids is 1. The van der Waals surface area contributed by atoms with Gasteiger partial charge in [0, 0.05) is 37.1 Å². The maximum Gasteiger partial charge on any atom is 0.220 e. The third-order valence-electron chi connectivity index (χ3n) is 5.28. The minimum Gasteiger partial charge on any atom is -0.353 e. The van der Waals surface area contributed by atoms with Crippen molar-refractivity contribution < 1.29 is 4.79 Å². The number of carbonyl (C=O) groups is 1. The molecule has 3 rings (SSSR count). The molecule has 1 aromatic rings. The van der Waals surface area contributed by atoms with Crippen molar-refractivity contribution >= 4 is 30.7 Å². The van der Waals surface area contributed by atoms with Crippen LogP contribution in [0, 0.1) is 0 Å². The second-order valence-corrected chi connectivity index (χ2v) is 7.29. The highest BCUT2D eigenvalue weighted by atomic mass is 35.5. The van der Waals surface area contributed by atoms with E-state index in [2.05, 4.69) is 40.5 Å². The molecule has 3 unspecified atom stereocenters. The quantitative estimate of drug-likeness (QED) is 0.787. The molecule has 142 valence electrons. The smallest absolute Gasteiger partial charge is 0.220 e. The summed E-state index contributed by atoms with van der Waals surface area (Å²) in [5.41, 5.74) is 7.13. The molecular formula is C19H31Cl2N3O. The zero-order chi connectivity index (χ0) is 16.2. The summed E-state index contributed by atoms with van der Waals surface area (Å²) in [6.45, 7) is 3.00. The number of halogens is 2. The van der Waals surface area contributed by atoms with Gasteiger partial charge in [-0.1, -0.05) is 30.3 Å². The number of benzene rings is 1. The largest absolute Gasteiger partial charge is 0.353 e. The Hall–Kier alpha value is -0.810. The average molecular weight is 388 g/mol. The van der Waals surface area contributed by atoms with E-state index >= 15 is 0 Å². The third kappa shape index (κ3) is 6.14. The van der Waals surface area contributed by atoms with Crippen molar-refractivity contribution in [2.24, 2.45) is 5.73 Å². The van der Waals surface area contributed by atoms with Crippen molar-refractivity contribution in [2.45, 2.75) is 76.2 Å². The van der Waals surface area contributed by atoms with Crippen LogP contribution in [0.3, 0.4) is 0 Å². The summed E-state index contributed by atoms with van der Waals surface area (Å²) >= 11 is 0. The molecule has 4 nitrogen and oxygen atoms in total. The Labute approximate surface area is 163 Å². The SMILES string of the molecule is CC(N)CCC(=O)NC1CC2CCC(C1)N2Cc1ccccc1.Cl.Cl. The number of nitrogens with zero attached hydrogens (tertiary/aromatic N) is 1. The lowest BCUT2D eigenvalue weighted by Crippen LogP contribution is -2.50. The monoisotopic (exact) mass is 387 g/mol. The molecule has 1 aromatic carbocycles. The van der Waals surface area contributed by atoms with E-state index in [1.807, 2.05) is 6.92 Å². The molecule has 2 aliphatic heterocycles. The van der Waals surface area contributed by atoms with Gasteiger partial charge < -0.3 is 11.1 Å². The van der Waals surface area contributed by atoms with Gasteiger partial charge in [-0.05, 0) is 44.6 Å². The highest BCUT2D eigenvalue weighted by molar-refractivity contribution is 5.85. The van der Waals surface area contributed by atoms with Crippen molar-refractivity contribution in [1.82, 2.24) is 10.2 Å². The first-order valence-corrected chi connectivity index (χ1v) is 8.96. The van der Waals surface area contributed by atoms with Gasteiger partial charge in [-0.3, -0.25) is 9.69 Å². The molecule has 2 bridgehead atoms. The number of hydrogen-bond acceptors (Lipinski definition) is 3. The number of nitrogens with one attached hydrogen (secondary N) is 1. The summed E-state index contributed by atoms with van der Waals surface area (Å²) in [6, 6.07) is 12.4. The Morgan fingerprint density at radius 1 is 1.20 bits per heavy atom. The van der Waals surface area contributed by atoms with Crippen LogP contribution in [0.25, 0.3) is 0 Å². The Morgan fingerprint density at radius 3 is 2.36 bits per heavy atom. The van der Waals surface area contributed by atoms with Crippen molar-refractivity contribution in [2.75, 3.05) is 0 Å². The molecule has 1 amide bonds. The van der Waals surface area contributed by atoms with Crippen LogP contribution < -0.4 is 11.1 Å². The van der Waals surface area contributed by atoms with Crippen molar-refractivity contribution in [3.63, 3.8) is 0 Å². The Balaban J connectivity index is 0.00000156. The van der Waals surface area contributed by atoms with Crippen LogP contribution in [0.4, 0.5) is 0 Å². The second kappa shape index (κ2) is 10.4. The highest BCUT2D eigenvalue weighted by Gasteiger charge is 2.40. The minimum atomic E-state index is 0. The average Bonchev–Trinajstić information content (AvgIpc) is 2.77. The lowest BCUT2D eigenvalue weighted by atomic mass is 9.96. The van der Waals surface area contributed by atoms with Crippen molar-refractivity contribution in [3.8, 4) is 0 Å². The fourth-order valence-corrected chi connectivity index (χ4v) is 4.10. The molecule has 0 saturated carbocycles. The molecule has 0 aromatic heterocycles. The van der Waals surface area contributed by atoms with Gasteiger partial charge >= 0.3 is 0 Å². The standard InChI is InChI=1S/C19H29N3O.2ClH/c1-14(20)7-10-19(23)21-16-11-17-8-9-18(12-16)22(17)13-15-5-3-2-4-6-15;;/h2-6,14,16-18H,7-13,20H2,1H3,(H,21,23);2*1H. The van der Waals surface area contributed by atoms with E-state index in [-0.39, 0.29) is 36.8 Å². The summed E-state index contributed by atoms with van der Waals surface area (Å²) in [5.74, 6) is 0.170. The lowest BCUT2D eigenvalue weighted by Gasteiger charge is -2.39. The molecule has 2 saturated heterocycles. The van der Waals surface area contributed by atoms with Crippen LogP contribution in [0.1, 0.15) is 51.0 Å². The molecule has 2 fully saturated rings. The van der Waals surface area contributed by atoms with Crippen molar-refractivity contribution in [3.05, 3.63) is 35.9 Å². The second-order valence-electron chi connectivity index (χ2n) is 7.29. The molecule has 3 N–H and O–H groups in total. The third-order valence-corrected chi connectivity index (χ3v) is 5.28. The lowest BCUT2D eigenvalue weighted by molar-refractivity contribution is -0.122. The maximum absolute atomic E-state index is 12.0. The molecule has 2 aliphatic rings. The van der Waals surface area contributed by atoms with Gasteiger partial charge in [0.25, 0.3) is 0 Å². The summed E-state index contributed by atoms with van der Waals surface area (Å²) < 4.78 is 0. The van der Waals surface area contributed by atoms with Gasteiger partial charge in [0.15, 0.2) is 0 Å². The van der Waals surface area contributed by atoms with Crippen LogP contribution in [-0.2, 0) is 11.3 Å². The highest BCUT2D eigenvalue weighted by Crippen LogP contribution is 2.36. The van der Waals surface area contributed by atoms with Gasteiger partial charge in [-0.25, -0.2) is 0 Å². The zero-order valence-corrected chi connectivity index (χ0v) is 16.5. The van der Waals surface area contributed by atoms with Crippen LogP contribution in [0.2, 0.25) is 0 Å². The predicted molar refractivity (Wildman–Crippen MR) is 107 cm³/mol. The van der Waals surface area contributed by atoms with E-state index in [1.54, 1.807) is 0 Å². The molecule has 2 heterocycles. The number of fused-ring (bicyclic) bond motifs is 2. The summed E-state index contributed by atoms with van der Waals surface area (Å²) in [5, 5.41) is 3.24. The number of rotatable bonds is 6. The molecule has 6 heteroatoms. The molecule has 0 spiro atoms. The van der Waals surface area contributed by atoms with Gasteiger partial charge in [0.1, 0.15) is 0 Å². The fourth-order valence-electron chi connectivity index (χ4n) is 4.10. The van der Waals surface area contributed by atoms with Gasteiger partial charge in [0.2, 0.25) is 5.91 Å². The topological polar surface area (TPSA) is 58.4 Å². The van der Waals surface area contributed by atoms with Crippen LogP contribution in [0.15, 0.2) is 30.3 Å². The molecular weight excluding hydrogens is 357 g/mol. The van der Waals surface area contributed by atoms with E-state index in [0.717, 1.165) is 25.8 Å². The Kier molecular flexibility index (Phi) is 9.22. The Morgan fingerprint density at radius 2 is 1.80 bits per heavy atom. The first-order chi connectivity index (χ1) is 11.1. The van der Waals surface area contributed by atoms with E-state index in [0.29, 0.717) is 24.5 Å². The molecule has 3 atom stereocenters. The van der Waals surface area contributed by atoms with E-state index in [9.17, 15) is 4.79 Å². The first kappa shape index (κ1) is 22.2. The predicted octanol–water partition coefficient (Wildman–Crippen LogP) is 3.27. The zero-order valence-electron chi connectivity index (χ0n) is 14.9. The van der Waals surface area contributed by atoms with E-state index in [1.165, 1.54) is 18.4 Å². The van der Waals surface area contributed by atoms with Gasteiger partial charge in [-0.2, -0.15) is 0 Å². The molecule has 0 radical (unpaired) electrons. The van der Waals surface area contributed by atoms with Crippen LogP contribution >= 0.6 is 24.8 Å². The number of amides is 1. The minimum absolute atomic E-state index is 0. The van der Waals surface area contributed by atoms with E-state index in [4.69, 9.17) is 5.73 Å². The van der Waals surface area contributed by atoms with Crippen molar-refractivity contribution in [1.29, 1.82) is 0 Å². The van der Waals surface area contributed by atoms with Crippen LogP contribution in [0.5, 0.6) is 0 Å². The van der Waals surface area contributed by atoms with Crippen LogP contribution in [-0.4, -0.2) is 35.0 Å². The molecule has 25 heavy (non-hydrogen) atoms. The molecule has 0 aliphatic carbocycles. The number of nitrogens with two attached hydrogens (primary N) is 1. The normalized spacial score (nSPS) is 26.2. The maximum atomic E-state index is 12.0. The summed E-state index contributed by atoms with van der Waals surface area (Å²) in [6.07, 6.45) is 6.04. The fraction of sp³-hybridized carbons (Fsp3) is 0.632.